The van der Waals surface area contributed by atoms with Crippen molar-refractivity contribution in [2.45, 2.75) is 19.0 Å². The van der Waals surface area contributed by atoms with E-state index in [-0.39, 0.29) is 12.1 Å². The van der Waals surface area contributed by atoms with Crippen molar-refractivity contribution in [2.24, 2.45) is 0 Å². The Morgan fingerprint density at radius 3 is 2.89 bits per heavy atom. The number of hydrogen-bond acceptors (Lipinski definition) is 4. The summed E-state index contributed by atoms with van der Waals surface area (Å²) in [6.45, 7) is 1.85. The summed E-state index contributed by atoms with van der Waals surface area (Å²) < 4.78 is 0.663. The molecule has 0 aromatic carbocycles. The third kappa shape index (κ3) is 3.34. The summed E-state index contributed by atoms with van der Waals surface area (Å²) in [5.41, 5.74) is 0. The van der Waals surface area contributed by atoms with Crippen LogP contribution in [0.2, 0.25) is 4.34 Å². The first-order valence-corrected chi connectivity index (χ1v) is 7.97. The topological polar surface area (TPSA) is 69.6 Å². The van der Waals surface area contributed by atoms with Gasteiger partial charge in [0, 0.05) is 10.6 Å². The van der Waals surface area contributed by atoms with Gasteiger partial charge in [-0.2, -0.15) is 0 Å². The number of carbonyl (C=O) groups is 2. The monoisotopic (exact) mass is 320 g/mol. The summed E-state index contributed by atoms with van der Waals surface area (Å²) >= 11 is 8.69. The van der Waals surface area contributed by atoms with Crippen LogP contribution in [0, 0.1) is 0 Å². The standard InChI is InChI=1S/C11H13ClN2O3S2/c1-6(8-2-3-9(12)19-8)13-11(17)14-5-18-4-7(14)10(15)16/h2-3,6-7H,4-5H2,1H3,(H,13,17)(H,15,16)/t6?,7-/m0/s1. The molecule has 1 fully saturated rings. The molecule has 0 saturated carbocycles. The van der Waals surface area contributed by atoms with Gasteiger partial charge in [-0.25, -0.2) is 9.59 Å². The van der Waals surface area contributed by atoms with Gasteiger partial charge in [-0.15, -0.1) is 23.1 Å². The average Bonchev–Trinajstić information content (AvgIpc) is 2.96. The fraction of sp³-hybridized carbons (Fsp3) is 0.455. The lowest BCUT2D eigenvalue weighted by molar-refractivity contribution is -0.140. The van der Waals surface area contributed by atoms with Gasteiger partial charge < -0.3 is 15.3 Å². The number of carboxylic acid groups (broad SMARTS) is 1. The maximum atomic E-state index is 12.1. The maximum absolute atomic E-state index is 12.1. The van der Waals surface area contributed by atoms with Crippen LogP contribution in [-0.2, 0) is 4.79 Å². The van der Waals surface area contributed by atoms with Crippen LogP contribution in [0.3, 0.4) is 0 Å². The van der Waals surface area contributed by atoms with Gasteiger partial charge in [-0.05, 0) is 19.1 Å². The molecule has 1 aromatic heterocycles. The smallest absolute Gasteiger partial charge is 0.327 e. The van der Waals surface area contributed by atoms with Crippen LogP contribution in [0.25, 0.3) is 0 Å². The fourth-order valence-electron chi connectivity index (χ4n) is 1.75. The first-order chi connectivity index (χ1) is 8.99. The summed E-state index contributed by atoms with van der Waals surface area (Å²) in [5.74, 6) is -0.130. The lowest BCUT2D eigenvalue weighted by Crippen LogP contribution is -2.47. The fourth-order valence-corrected chi connectivity index (χ4v) is 3.96. The number of thiophene rings is 1. The van der Waals surface area contributed by atoms with Crippen molar-refractivity contribution in [3.8, 4) is 0 Å². The number of hydrogen-bond donors (Lipinski definition) is 2. The van der Waals surface area contributed by atoms with Crippen LogP contribution in [0.4, 0.5) is 4.79 Å². The zero-order chi connectivity index (χ0) is 14.0. The van der Waals surface area contributed by atoms with Gasteiger partial charge in [0.15, 0.2) is 0 Å². The summed E-state index contributed by atoms with van der Waals surface area (Å²) in [7, 11) is 0. The number of carbonyl (C=O) groups excluding carboxylic acids is 1. The van der Waals surface area contributed by atoms with Gasteiger partial charge in [0.25, 0.3) is 0 Å². The van der Waals surface area contributed by atoms with Crippen LogP contribution in [-0.4, -0.2) is 39.7 Å². The highest BCUT2D eigenvalue weighted by Crippen LogP contribution is 2.27. The number of thioether (sulfide) groups is 1. The summed E-state index contributed by atoms with van der Waals surface area (Å²) in [6.07, 6.45) is 0. The molecule has 1 aliphatic rings. The van der Waals surface area contributed by atoms with E-state index >= 15 is 0 Å². The van der Waals surface area contributed by atoms with Crippen molar-refractivity contribution in [1.29, 1.82) is 0 Å². The third-order valence-electron chi connectivity index (χ3n) is 2.79. The third-order valence-corrected chi connectivity index (χ3v) is 5.22. The number of rotatable bonds is 3. The molecule has 2 rings (SSSR count). The largest absolute Gasteiger partial charge is 0.480 e. The molecule has 1 unspecified atom stereocenters. The highest BCUT2D eigenvalue weighted by molar-refractivity contribution is 7.99. The number of amides is 2. The van der Waals surface area contributed by atoms with Crippen LogP contribution in [0.5, 0.6) is 0 Å². The minimum Gasteiger partial charge on any atom is -0.480 e. The molecule has 5 nitrogen and oxygen atoms in total. The van der Waals surface area contributed by atoms with E-state index in [1.807, 2.05) is 13.0 Å². The number of halogens is 1. The Labute approximate surface area is 123 Å². The predicted molar refractivity (Wildman–Crippen MR) is 76.9 cm³/mol. The van der Waals surface area contributed by atoms with Crippen molar-refractivity contribution in [3.63, 3.8) is 0 Å². The number of aliphatic carboxylic acids is 1. The Bertz CT molecular complexity index is 494. The molecule has 1 aromatic rings. The molecular formula is C11H13ClN2O3S2. The van der Waals surface area contributed by atoms with Crippen molar-refractivity contribution in [3.05, 3.63) is 21.3 Å². The summed E-state index contributed by atoms with van der Waals surface area (Å²) in [4.78, 5) is 25.4. The summed E-state index contributed by atoms with van der Waals surface area (Å²) in [5, 5.41) is 11.8. The molecule has 2 N–H and O–H groups in total. The second-order valence-corrected chi connectivity index (χ2v) is 6.88. The molecule has 1 saturated heterocycles. The van der Waals surface area contributed by atoms with E-state index in [2.05, 4.69) is 5.32 Å². The number of urea groups is 1. The van der Waals surface area contributed by atoms with E-state index in [1.54, 1.807) is 6.07 Å². The molecule has 19 heavy (non-hydrogen) atoms. The van der Waals surface area contributed by atoms with Gasteiger partial charge in [0.2, 0.25) is 0 Å². The van der Waals surface area contributed by atoms with Crippen LogP contribution in [0.15, 0.2) is 12.1 Å². The van der Waals surface area contributed by atoms with Crippen molar-refractivity contribution < 1.29 is 14.7 Å². The Morgan fingerprint density at radius 2 is 2.32 bits per heavy atom. The number of nitrogens with one attached hydrogen (secondary N) is 1. The lowest BCUT2D eigenvalue weighted by atomic mass is 10.2. The van der Waals surface area contributed by atoms with E-state index in [0.29, 0.717) is 16.0 Å². The van der Waals surface area contributed by atoms with Gasteiger partial charge >= 0.3 is 12.0 Å². The van der Waals surface area contributed by atoms with Crippen LogP contribution < -0.4 is 5.32 Å². The molecule has 104 valence electrons. The van der Waals surface area contributed by atoms with Crippen molar-refractivity contribution in [2.75, 3.05) is 11.6 Å². The summed E-state index contributed by atoms with van der Waals surface area (Å²) in [6, 6.07) is 2.34. The second kappa shape index (κ2) is 6.02. The SMILES string of the molecule is CC(NC(=O)N1CSC[C@H]1C(=O)O)c1ccc(Cl)s1. The Morgan fingerprint density at radius 1 is 1.58 bits per heavy atom. The number of carboxylic acids is 1. The first-order valence-electron chi connectivity index (χ1n) is 5.62. The van der Waals surface area contributed by atoms with E-state index in [1.165, 1.54) is 28.0 Å². The molecular weight excluding hydrogens is 308 g/mol. The normalized spacial score (nSPS) is 20.3. The Kier molecular flexibility index (Phi) is 4.59. The highest BCUT2D eigenvalue weighted by atomic mass is 35.5. The molecule has 8 heteroatoms. The van der Waals surface area contributed by atoms with Crippen LogP contribution >= 0.6 is 34.7 Å². The molecule has 2 heterocycles. The Hall–Kier alpha value is -0.920. The van der Waals surface area contributed by atoms with E-state index < -0.39 is 12.0 Å². The molecule has 2 amide bonds. The van der Waals surface area contributed by atoms with E-state index in [9.17, 15) is 9.59 Å². The van der Waals surface area contributed by atoms with E-state index in [4.69, 9.17) is 16.7 Å². The molecule has 0 bridgehead atoms. The zero-order valence-corrected chi connectivity index (χ0v) is 12.5. The van der Waals surface area contributed by atoms with Crippen molar-refractivity contribution >= 4 is 46.7 Å². The zero-order valence-electron chi connectivity index (χ0n) is 10.1. The average molecular weight is 321 g/mol. The molecule has 0 spiro atoms. The minimum absolute atomic E-state index is 0.190. The second-order valence-electron chi connectivity index (χ2n) is 4.14. The molecule has 0 aliphatic carbocycles. The predicted octanol–water partition coefficient (Wildman–Crippen LogP) is 2.63. The van der Waals surface area contributed by atoms with Gasteiger partial charge in [-0.1, -0.05) is 11.6 Å². The molecule has 0 radical (unpaired) electrons. The Balaban J connectivity index is 1.99. The lowest BCUT2D eigenvalue weighted by Gasteiger charge is -2.23. The van der Waals surface area contributed by atoms with Gasteiger partial charge in [0.1, 0.15) is 6.04 Å². The first kappa shape index (κ1) is 14.5. The van der Waals surface area contributed by atoms with Crippen LogP contribution in [0.1, 0.15) is 17.8 Å². The maximum Gasteiger partial charge on any atom is 0.327 e. The van der Waals surface area contributed by atoms with E-state index in [0.717, 1.165) is 4.88 Å². The van der Waals surface area contributed by atoms with Crippen molar-refractivity contribution in [1.82, 2.24) is 10.2 Å². The molecule has 1 aliphatic heterocycles. The quantitative estimate of drug-likeness (QED) is 0.898. The van der Waals surface area contributed by atoms with Gasteiger partial charge in [-0.3, -0.25) is 0 Å². The molecule has 2 atom stereocenters. The highest BCUT2D eigenvalue weighted by Gasteiger charge is 2.35. The minimum atomic E-state index is -0.966. The van der Waals surface area contributed by atoms with Gasteiger partial charge in [0.05, 0.1) is 16.3 Å². The number of nitrogens with zero attached hydrogens (tertiary/aromatic N) is 1.